The number of aliphatic imine (C=N–C) groups is 2. The predicted molar refractivity (Wildman–Crippen MR) is 110 cm³/mol. The quantitative estimate of drug-likeness (QED) is 0.548. The molecule has 0 amide bonds. The van der Waals surface area contributed by atoms with E-state index in [4.69, 9.17) is 4.99 Å². The van der Waals surface area contributed by atoms with E-state index in [1.54, 1.807) is 0 Å². The molecule has 3 aromatic carbocycles. The highest BCUT2D eigenvalue weighted by Crippen LogP contribution is 2.21. The van der Waals surface area contributed by atoms with E-state index in [1.165, 1.54) is 10.8 Å². The van der Waals surface area contributed by atoms with Gasteiger partial charge in [0.05, 0.1) is 17.8 Å². The third-order valence-electron chi connectivity index (χ3n) is 4.92. The highest BCUT2D eigenvalue weighted by Gasteiger charge is 2.16. The predicted octanol–water partition coefficient (Wildman–Crippen LogP) is 4.41. The molecule has 0 aliphatic carbocycles. The first-order valence-corrected chi connectivity index (χ1v) is 9.15. The summed E-state index contributed by atoms with van der Waals surface area (Å²) in [5.74, 6) is 0.793. The van der Waals surface area contributed by atoms with Gasteiger partial charge in [-0.3, -0.25) is 4.99 Å². The third-order valence-corrected chi connectivity index (χ3v) is 4.92. The van der Waals surface area contributed by atoms with Crippen molar-refractivity contribution in [3.05, 3.63) is 71.8 Å². The molecule has 0 fully saturated rings. The maximum atomic E-state index is 4.80. The normalized spacial score (nSPS) is 14.2. The Morgan fingerprint density at radius 3 is 2.56 bits per heavy atom. The summed E-state index contributed by atoms with van der Waals surface area (Å²) in [5, 5.41) is 11.0. The van der Waals surface area contributed by atoms with Gasteiger partial charge in [0.1, 0.15) is 5.52 Å². The van der Waals surface area contributed by atoms with Crippen LogP contribution < -0.4 is 0 Å². The number of amidine groups is 1. The van der Waals surface area contributed by atoms with Crippen molar-refractivity contribution in [2.45, 2.75) is 19.9 Å². The fourth-order valence-corrected chi connectivity index (χ4v) is 3.49. The van der Waals surface area contributed by atoms with Crippen molar-refractivity contribution in [1.82, 2.24) is 15.0 Å². The summed E-state index contributed by atoms with van der Waals surface area (Å²) in [7, 11) is 0. The molecule has 0 atom stereocenters. The summed E-state index contributed by atoms with van der Waals surface area (Å²) >= 11 is 0. The number of hydrogen-bond acceptors (Lipinski definition) is 4. The van der Waals surface area contributed by atoms with Crippen LogP contribution in [0.1, 0.15) is 31.0 Å². The van der Waals surface area contributed by atoms with Crippen molar-refractivity contribution in [3.8, 4) is 0 Å². The summed E-state index contributed by atoms with van der Waals surface area (Å²) < 4.78 is 1.94. The molecule has 0 radical (unpaired) electrons. The smallest absolute Gasteiger partial charge is 0.155 e. The highest BCUT2D eigenvalue weighted by molar-refractivity contribution is 6.18. The molecule has 5 nitrogen and oxygen atoms in total. The molecule has 1 aliphatic heterocycles. The monoisotopic (exact) mass is 353 g/mol. The van der Waals surface area contributed by atoms with Gasteiger partial charge in [-0.15, -0.1) is 5.10 Å². The SMILES string of the molecule is CC(C)n1nnc2cc(C3=NC(c4ccc5ccccc5c4)=NC3)ccc21. The molecular formula is C22H19N5. The van der Waals surface area contributed by atoms with E-state index < -0.39 is 0 Å². The highest BCUT2D eigenvalue weighted by atomic mass is 15.4. The first-order valence-electron chi connectivity index (χ1n) is 9.15. The summed E-state index contributed by atoms with van der Waals surface area (Å²) in [4.78, 5) is 9.45. The number of nitrogens with zero attached hydrogens (tertiary/aromatic N) is 5. The lowest BCUT2D eigenvalue weighted by molar-refractivity contribution is 0.530. The number of rotatable bonds is 3. The molecule has 4 aromatic rings. The minimum absolute atomic E-state index is 0.285. The molecule has 0 bridgehead atoms. The van der Waals surface area contributed by atoms with Gasteiger partial charge in [0.15, 0.2) is 5.84 Å². The standard InChI is InChI=1S/C22H19N5/c1-14(2)27-21-10-9-17(12-19(21)25-26-27)20-13-23-22(24-20)18-8-7-15-5-3-4-6-16(15)11-18/h3-12,14H,13H2,1-2H3. The Morgan fingerprint density at radius 2 is 1.70 bits per heavy atom. The third kappa shape index (κ3) is 2.72. The molecule has 0 unspecified atom stereocenters. The average Bonchev–Trinajstić information content (AvgIpc) is 3.34. The van der Waals surface area contributed by atoms with Gasteiger partial charge in [-0.1, -0.05) is 47.7 Å². The topological polar surface area (TPSA) is 55.4 Å². The van der Waals surface area contributed by atoms with Crippen LogP contribution in [0, 0.1) is 0 Å². The molecule has 0 N–H and O–H groups in total. The van der Waals surface area contributed by atoms with Crippen molar-refractivity contribution < 1.29 is 0 Å². The molecule has 0 saturated heterocycles. The molecule has 132 valence electrons. The lowest BCUT2D eigenvalue weighted by atomic mass is 10.1. The van der Waals surface area contributed by atoms with Crippen molar-refractivity contribution in [1.29, 1.82) is 0 Å². The van der Waals surface area contributed by atoms with Crippen molar-refractivity contribution >= 4 is 33.4 Å². The molecule has 0 spiro atoms. The van der Waals surface area contributed by atoms with Crippen LogP contribution in [0.2, 0.25) is 0 Å². The largest absolute Gasteiger partial charge is 0.260 e. The van der Waals surface area contributed by atoms with Gasteiger partial charge >= 0.3 is 0 Å². The van der Waals surface area contributed by atoms with Crippen molar-refractivity contribution in [2.24, 2.45) is 9.98 Å². The molecule has 2 heterocycles. The number of benzene rings is 3. The van der Waals surface area contributed by atoms with E-state index in [0.717, 1.165) is 33.7 Å². The summed E-state index contributed by atoms with van der Waals surface area (Å²) in [6.45, 7) is 4.80. The zero-order valence-electron chi connectivity index (χ0n) is 15.3. The minimum atomic E-state index is 0.285. The minimum Gasteiger partial charge on any atom is -0.260 e. The first kappa shape index (κ1) is 15.9. The Balaban J connectivity index is 1.49. The van der Waals surface area contributed by atoms with Crippen LogP contribution in [0.3, 0.4) is 0 Å². The van der Waals surface area contributed by atoms with Gasteiger partial charge in [-0.25, -0.2) is 9.67 Å². The van der Waals surface area contributed by atoms with Crippen LogP contribution in [0.5, 0.6) is 0 Å². The van der Waals surface area contributed by atoms with Gasteiger partial charge in [-0.2, -0.15) is 0 Å². The first-order chi connectivity index (χ1) is 13.2. The average molecular weight is 353 g/mol. The Morgan fingerprint density at radius 1 is 0.889 bits per heavy atom. The van der Waals surface area contributed by atoms with Gasteiger partial charge in [-0.05, 0) is 42.8 Å². The van der Waals surface area contributed by atoms with Gasteiger partial charge in [0.25, 0.3) is 0 Å². The molecule has 1 aliphatic rings. The second-order valence-electron chi connectivity index (χ2n) is 7.09. The number of fused-ring (bicyclic) bond motifs is 2. The van der Waals surface area contributed by atoms with E-state index in [-0.39, 0.29) is 6.04 Å². The molecule has 5 heteroatoms. The van der Waals surface area contributed by atoms with Crippen LogP contribution in [0.25, 0.3) is 21.8 Å². The Kier molecular flexibility index (Phi) is 3.60. The second kappa shape index (κ2) is 6.13. The van der Waals surface area contributed by atoms with Crippen molar-refractivity contribution in [3.63, 3.8) is 0 Å². The summed E-state index contributed by atoms with van der Waals surface area (Å²) in [5.41, 5.74) is 5.01. The van der Waals surface area contributed by atoms with Gasteiger partial charge in [0, 0.05) is 17.2 Å². The lowest BCUT2D eigenvalue weighted by Gasteiger charge is -2.05. The van der Waals surface area contributed by atoms with E-state index in [9.17, 15) is 0 Å². The van der Waals surface area contributed by atoms with Crippen LogP contribution in [0.4, 0.5) is 0 Å². The fraction of sp³-hybridized carbons (Fsp3) is 0.182. The Labute approximate surface area is 157 Å². The Bertz CT molecular complexity index is 1230. The summed E-state index contributed by atoms with van der Waals surface area (Å²) in [6, 6.07) is 21.2. The maximum Gasteiger partial charge on any atom is 0.155 e. The van der Waals surface area contributed by atoms with Crippen LogP contribution >= 0.6 is 0 Å². The number of hydrogen-bond donors (Lipinski definition) is 0. The molecule has 5 rings (SSSR count). The lowest BCUT2D eigenvalue weighted by Crippen LogP contribution is -2.04. The molecule has 0 saturated carbocycles. The molecule has 1 aromatic heterocycles. The maximum absolute atomic E-state index is 4.80. The van der Waals surface area contributed by atoms with Crippen LogP contribution in [-0.4, -0.2) is 33.1 Å². The van der Waals surface area contributed by atoms with Gasteiger partial charge < -0.3 is 0 Å². The van der Waals surface area contributed by atoms with Crippen molar-refractivity contribution in [2.75, 3.05) is 6.54 Å². The van der Waals surface area contributed by atoms with Crippen LogP contribution in [0.15, 0.2) is 70.6 Å². The number of aromatic nitrogens is 3. The summed E-state index contributed by atoms with van der Waals surface area (Å²) in [6.07, 6.45) is 0. The zero-order valence-corrected chi connectivity index (χ0v) is 15.3. The molecular weight excluding hydrogens is 334 g/mol. The second-order valence-corrected chi connectivity index (χ2v) is 7.09. The Hall–Kier alpha value is -3.34. The van der Waals surface area contributed by atoms with E-state index in [1.807, 2.05) is 4.68 Å². The van der Waals surface area contributed by atoms with E-state index in [2.05, 4.69) is 89.8 Å². The zero-order chi connectivity index (χ0) is 18.4. The van der Waals surface area contributed by atoms with Crippen LogP contribution in [-0.2, 0) is 0 Å². The van der Waals surface area contributed by atoms with Gasteiger partial charge in [0.2, 0.25) is 0 Å². The fourth-order valence-electron chi connectivity index (χ4n) is 3.49. The van der Waals surface area contributed by atoms with E-state index in [0.29, 0.717) is 6.54 Å². The molecule has 27 heavy (non-hydrogen) atoms. The van der Waals surface area contributed by atoms with E-state index >= 15 is 0 Å².